The van der Waals surface area contributed by atoms with Crippen LogP contribution in [0.4, 0.5) is 0 Å². The maximum absolute atomic E-state index is 5.83. The second kappa shape index (κ2) is 9.11. The van der Waals surface area contributed by atoms with Gasteiger partial charge in [0.05, 0.1) is 30.0 Å². The highest BCUT2D eigenvalue weighted by Gasteiger charge is 2.41. The van der Waals surface area contributed by atoms with Crippen LogP contribution >= 0.6 is 12.2 Å². The predicted octanol–water partition coefficient (Wildman–Crippen LogP) is 4.51. The van der Waals surface area contributed by atoms with E-state index >= 15 is 0 Å². The maximum atomic E-state index is 5.83. The molecule has 4 aromatic heterocycles. The molecule has 0 aliphatic carbocycles. The minimum Gasteiger partial charge on any atom is -0.352 e. The Hall–Kier alpha value is -3.58. The normalized spacial score (nSPS) is 17.9. The van der Waals surface area contributed by atoms with E-state index in [1.54, 1.807) is 0 Å². The highest BCUT2D eigenvalue weighted by atomic mass is 32.1. The first kappa shape index (κ1) is 21.3. The maximum Gasteiger partial charge on any atom is 0.170 e. The highest BCUT2D eigenvalue weighted by molar-refractivity contribution is 7.80. The molecule has 0 spiro atoms. The molecule has 6 nitrogen and oxygen atoms in total. The summed E-state index contributed by atoms with van der Waals surface area (Å²) in [6.45, 7) is 5.80. The Morgan fingerprint density at radius 2 is 1.67 bits per heavy atom. The minimum atomic E-state index is -0.0442. The summed E-state index contributed by atoms with van der Waals surface area (Å²) >= 11 is 5.83. The average Bonchev–Trinajstić information content (AvgIpc) is 3.31. The monoisotopic (exact) mass is 454 g/mol. The highest BCUT2D eigenvalue weighted by Crippen LogP contribution is 2.41. The Labute approximate surface area is 199 Å². The van der Waals surface area contributed by atoms with Gasteiger partial charge < -0.3 is 14.8 Å². The van der Waals surface area contributed by atoms with Crippen LogP contribution in [0.2, 0.25) is 0 Å². The summed E-state index contributed by atoms with van der Waals surface area (Å²) in [5.74, 6) is 0. The third-order valence-electron chi connectivity index (χ3n) is 6.28. The van der Waals surface area contributed by atoms with Gasteiger partial charge in [-0.1, -0.05) is 12.1 Å². The molecule has 5 rings (SSSR count). The fourth-order valence-electron chi connectivity index (χ4n) is 4.62. The van der Waals surface area contributed by atoms with Crippen molar-refractivity contribution in [3.8, 4) is 0 Å². The van der Waals surface area contributed by atoms with Crippen molar-refractivity contribution in [1.29, 1.82) is 0 Å². The molecule has 1 N–H and O–H groups in total. The summed E-state index contributed by atoms with van der Waals surface area (Å²) in [7, 11) is 0. The zero-order valence-electron chi connectivity index (χ0n) is 18.7. The third-order valence-corrected chi connectivity index (χ3v) is 6.63. The second-order valence-electron chi connectivity index (χ2n) is 8.34. The van der Waals surface area contributed by atoms with Gasteiger partial charge in [0.2, 0.25) is 0 Å². The number of aromatic nitrogens is 4. The molecular weight excluding hydrogens is 428 g/mol. The van der Waals surface area contributed by atoms with E-state index in [0.29, 0.717) is 6.54 Å². The molecule has 0 radical (unpaired) electrons. The molecule has 0 aromatic carbocycles. The van der Waals surface area contributed by atoms with E-state index in [0.717, 1.165) is 23.0 Å². The van der Waals surface area contributed by atoms with Gasteiger partial charge in [0.1, 0.15) is 0 Å². The van der Waals surface area contributed by atoms with Crippen molar-refractivity contribution in [1.82, 2.24) is 29.7 Å². The molecule has 7 heteroatoms. The van der Waals surface area contributed by atoms with Gasteiger partial charge >= 0.3 is 0 Å². The lowest BCUT2D eigenvalue weighted by Crippen LogP contribution is -2.29. The molecule has 1 aliphatic heterocycles. The van der Waals surface area contributed by atoms with Gasteiger partial charge in [-0.05, 0) is 79.7 Å². The lowest BCUT2D eigenvalue weighted by molar-refractivity contribution is 0.307. The van der Waals surface area contributed by atoms with E-state index in [9.17, 15) is 0 Å². The van der Waals surface area contributed by atoms with Crippen LogP contribution in [0.5, 0.6) is 0 Å². The Balaban J connectivity index is 1.56. The van der Waals surface area contributed by atoms with Crippen LogP contribution in [-0.2, 0) is 13.1 Å². The lowest BCUT2D eigenvalue weighted by atomic mass is 9.96. The van der Waals surface area contributed by atoms with Crippen LogP contribution < -0.4 is 5.32 Å². The van der Waals surface area contributed by atoms with Crippen molar-refractivity contribution in [2.75, 3.05) is 0 Å². The number of hydrogen-bond donors (Lipinski definition) is 1. The van der Waals surface area contributed by atoms with Crippen LogP contribution in [0.3, 0.4) is 0 Å². The Bertz CT molecular complexity index is 1240. The quantitative estimate of drug-likeness (QED) is 0.433. The summed E-state index contributed by atoms with van der Waals surface area (Å²) in [5, 5.41) is 4.27. The van der Waals surface area contributed by atoms with Crippen LogP contribution in [0.25, 0.3) is 0 Å². The Morgan fingerprint density at radius 1 is 0.909 bits per heavy atom. The summed E-state index contributed by atoms with van der Waals surface area (Å²) < 4.78 is 2.36. The SMILES string of the molecule is Cc1cc([C@@H]2[C@H](c3ccccn3)NC(=S)N2Cc2ccccn2)c(C)n1Cc1ccncc1. The van der Waals surface area contributed by atoms with E-state index in [1.807, 2.05) is 55.1 Å². The van der Waals surface area contributed by atoms with Crippen molar-refractivity contribution < 1.29 is 0 Å². The van der Waals surface area contributed by atoms with E-state index < -0.39 is 0 Å². The Kier molecular flexibility index (Phi) is 5.88. The molecule has 1 aliphatic rings. The molecule has 0 saturated carbocycles. The molecule has 1 fully saturated rings. The first-order valence-electron chi connectivity index (χ1n) is 11.1. The predicted molar refractivity (Wildman–Crippen MR) is 132 cm³/mol. The zero-order valence-corrected chi connectivity index (χ0v) is 19.5. The first-order valence-corrected chi connectivity index (χ1v) is 11.5. The molecule has 0 unspecified atom stereocenters. The number of nitrogens with zero attached hydrogens (tertiary/aromatic N) is 5. The van der Waals surface area contributed by atoms with E-state index in [4.69, 9.17) is 12.2 Å². The summed E-state index contributed by atoms with van der Waals surface area (Å²) in [4.78, 5) is 15.6. The number of rotatable bonds is 6. The molecule has 1 saturated heterocycles. The molecule has 4 aromatic rings. The Morgan fingerprint density at radius 3 is 2.36 bits per heavy atom. The van der Waals surface area contributed by atoms with Crippen LogP contribution in [0.15, 0.2) is 79.4 Å². The molecular formula is C26H26N6S. The van der Waals surface area contributed by atoms with E-state index in [1.165, 1.54) is 22.5 Å². The smallest absolute Gasteiger partial charge is 0.170 e. The van der Waals surface area contributed by atoms with Gasteiger partial charge in [-0.25, -0.2) is 0 Å². The lowest BCUT2D eigenvalue weighted by Gasteiger charge is -2.28. The zero-order chi connectivity index (χ0) is 22.8. The third kappa shape index (κ3) is 4.24. The van der Waals surface area contributed by atoms with Crippen molar-refractivity contribution in [3.63, 3.8) is 0 Å². The standard InChI is InChI=1S/C26H26N6S/c1-18-15-22(19(2)31(18)16-20-9-13-27-14-10-20)25-24(23-8-4-6-12-29-23)30-26(33)32(25)17-21-7-3-5-11-28-21/h3-15,24-25H,16-17H2,1-2H3,(H,30,33)/t24-,25+/m0/s1. The number of hydrogen-bond acceptors (Lipinski definition) is 4. The average molecular weight is 455 g/mol. The van der Waals surface area contributed by atoms with Crippen LogP contribution in [-0.4, -0.2) is 29.5 Å². The number of aryl methyl sites for hydroxylation is 1. The second-order valence-corrected chi connectivity index (χ2v) is 8.73. The minimum absolute atomic E-state index is 0.00629. The summed E-state index contributed by atoms with van der Waals surface area (Å²) in [6, 6.07) is 18.4. The molecule has 33 heavy (non-hydrogen) atoms. The van der Waals surface area contributed by atoms with Gasteiger partial charge in [0, 0.05) is 42.7 Å². The molecule has 0 amide bonds. The molecule has 0 bridgehead atoms. The van der Waals surface area contributed by atoms with Gasteiger partial charge in [-0.3, -0.25) is 15.0 Å². The largest absolute Gasteiger partial charge is 0.352 e. The molecule has 166 valence electrons. The molecule has 2 atom stereocenters. The number of thiocarbonyl (C=S) groups is 1. The van der Waals surface area contributed by atoms with Gasteiger partial charge in [0.25, 0.3) is 0 Å². The van der Waals surface area contributed by atoms with Gasteiger partial charge in [0.15, 0.2) is 5.11 Å². The summed E-state index contributed by atoms with van der Waals surface area (Å²) in [6.07, 6.45) is 7.35. The van der Waals surface area contributed by atoms with Crippen molar-refractivity contribution in [2.24, 2.45) is 0 Å². The van der Waals surface area contributed by atoms with Crippen molar-refractivity contribution >= 4 is 17.3 Å². The molecule has 5 heterocycles. The first-order chi connectivity index (χ1) is 16.1. The topological polar surface area (TPSA) is 58.9 Å². The van der Waals surface area contributed by atoms with Gasteiger partial charge in [-0.2, -0.15) is 0 Å². The van der Waals surface area contributed by atoms with Crippen LogP contribution in [0, 0.1) is 13.8 Å². The number of nitrogens with one attached hydrogen (secondary N) is 1. The summed E-state index contributed by atoms with van der Waals surface area (Å²) in [5.41, 5.74) is 6.89. The number of pyridine rings is 3. The van der Waals surface area contributed by atoms with E-state index in [2.05, 4.69) is 67.8 Å². The fraction of sp³-hybridized carbons (Fsp3) is 0.231. The van der Waals surface area contributed by atoms with Crippen molar-refractivity contribution in [3.05, 3.63) is 113 Å². The van der Waals surface area contributed by atoms with E-state index in [-0.39, 0.29) is 12.1 Å². The van der Waals surface area contributed by atoms with Gasteiger partial charge in [-0.15, -0.1) is 0 Å². The van der Waals surface area contributed by atoms with Crippen LogP contribution in [0.1, 0.15) is 46.0 Å². The van der Waals surface area contributed by atoms with Crippen molar-refractivity contribution in [2.45, 2.75) is 39.0 Å². The fourth-order valence-corrected chi connectivity index (χ4v) is 4.93.